The van der Waals surface area contributed by atoms with Crippen LogP contribution in [0.1, 0.15) is 46.5 Å². The maximum absolute atomic E-state index is 11.9. The lowest BCUT2D eigenvalue weighted by atomic mass is 9.92. The zero-order valence-corrected chi connectivity index (χ0v) is 12.1. The summed E-state index contributed by atoms with van der Waals surface area (Å²) in [7, 11) is 0. The van der Waals surface area contributed by atoms with E-state index >= 15 is 0 Å². The quantitative estimate of drug-likeness (QED) is 0.685. The minimum atomic E-state index is -0.445. The summed E-state index contributed by atoms with van der Waals surface area (Å²) in [5.41, 5.74) is 0.907. The smallest absolute Gasteiger partial charge is 0.410 e. The summed E-state index contributed by atoms with van der Waals surface area (Å²) in [6.45, 7) is 6.93. The van der Waals surface area contributed by atoms with E-state index in [1.807, 2.05) is 20.8 Å². The van der Waals surface area contributed by atoms with Gasteiger partial charge in [-0.2, -0.15) is 0 Å². The van der Waals surface area contributed by atoms with Crippen LogP contribution < -0.4 is 0 Å². The molecule has 0 spiro atoms. The Morgan fingerprint density at radius 2 is 2.11 bits per heavy atom. The fraction of sp³-hybridized carbons (Fsp3) is 0.733. The molecule has 1 saturated carbocycles. The van der Waals surface area contributed by atoms with E-state index in [1.165, 1.54) is 5.57 Å². The van der Waals surface area contributed by atoms with E-state index in [2.05, 4.69) is 6.08 Å². The molecule has 1 amide bonds. The first kappa shape index (κ1) is 14.1. The largest absolute Gasteiger partial charge is 0.444 e. The van der Waals surface area contributed by atoms with Gasteiger partial charge in [-0.1, -0.05) is 11.6 Å². The summed E-state index contributed by atoms with van der Waals surface area (Å²) in [4.78, 5) is 25.0. The number of carbonyl (C=O) groups is 2. The molecule has 0 aromatic carbocycles. The van der Waals surface area contributed by atoms with Crippen molar-refractivity contribution in [1.82, 2.24) is 4.90 Å². The number of amides is 1. The summed E-state index contributed by atoms with van der Waals surface area (Å²) in [6, 6.07) is 0. The van der Waals surface area contributed by atoms with Gasteiger partial charge in [0.2, 0.25) is 0 Å². The first-order valence-electron chi connectivity index (χ1n) is 7.04. The fourth-order valence-electron chi connectivity index (χ4n) is 2.68. The van der Waals surface area contributed by atoms with Crippen LogP contribution in [0.25, 0.3) is 0 Å². The third-order valence-electron chi connectivity index (χ3n) is 3.67. The van der Waals surface area contributed by atoms with Gasteiger partial charge >= 0.3 is 6.09 Å². The van der Waals surface area contributed by atoms with Gasteiger partial charge in [-0.25, -0.2) is 4.79 Å². The maximum Gasteiger partial charge on any atom is 0.410 e. The van der Waals surface area contributed by atoms with Gasteiger partial charge in [-0.15, -0.1) is 0 Å². The van der Waals surface area contributed by atoms with Crippen LogP contribution in [-0.4, -0.2) is 35.5 Å². The minimum absolute atomic E-state index is 0.245. The van der Waals surface area contributed by atoms with Crippen LogP contribution in [0.15, 0.2) is 11.6 Å². The van der Waals surface area contributed by atoms with Crippen LogP contribution in [0.3, 0.4) is 0 Å². The Bertz CT molecular complexity index is 406. The van der Waals surface area contributed by atoms with E-state index in [9.17, 15) is 9.59 Å². The second-order valence-corrected chi connectivity index (χ2v) is 6.43. The highest BCUT2D eigenvalue weighted by Gasteiger charge is 2.29. The Labute approximate surface area is 114 Å². The third-order valence-corrected chi connectivity index (χ3v) is 3.67. The molecule has 19 heavy (non-hydrogen) atoms. The minimum Gasteiger partial charge on any atom is -0.444 e. The lowest BCUT2D eigenvalue weighted by molar-refractivity contribution is -0.117. The molecule has 2 aliphatic rings. The molecule has 4 nitrogen and oxygen atoms in total. The lowest BCUT2D eigenvalue weighted by Gasteiger charge is -2.30. The molecule has 0 radical (unpaired) electrons. The Hall–Kier alpha value is -1.32. The second kappa shape index (κ2) is 5.35. The predicted molar refractivity (Wildman–Crippen MR) is 72.9 cm³/mol. The number of hydrogen-bond donors (Lipinski definition) is 0. The number of ketones is 1. The maximum atomic E-state index is 11.9. The van der Waals surface area contributed by atoms with E-state index < -0.39 is 5.60 Å². The van der Waals surface area contributed by atoms with Gasteiger partial charge in [0, 0.05) is 25.9 Å². The van der Waals surface area contributed by atoms with Gasteiger partial charge in [0.15, 0.2) is 0 Å². The van der Waals surface area contributed by atoms with Crippen LogP contribution in [0.4, 0.5) is 4.79 Å². The van der Waals surface area contributed by atoms with E-state index in [4.69, 9.17) is 4.74 Å². The van der Waals surface area contributed by atoms with Crippen molar-refractivity contribution in [3.05, 3.63) is 11.6 Å². The van der Waals surface area contributed by atoms with Crippen LogP contribution in [-0.2, 0) is 9.53 Å². The van der Waals surface area contributed by atoms with E-state index in [0.717, 1.165) is 19.3 Å². The highest BCUT2D eigenvalue weighted by Crippen LogP contribution is 2.32. The number of ether oxygens (including phenoxy) is 1. The summed E-state index contributed by atoms with van der Waals surface area (Å²) in [6.07, 6.45) is 5.13. The molecule has 4 heteroatoms. The Balaban J connectivity index is 1.89. The Kier molecular flexibility index (Phi) is 3.97. The standard InChI is InChI=1S/C15H23NO3/c1-15(2,3)19-14(18)16-8-6-11(7-9-16)12-4-5-13(17)10-12/h6,12H,4-5,7-10H2,1-3H3. The van der Waals surface area contributed by atoms with Gasteiger partial charge in [0.05, 0.1) is 0 Å². The van der Waals surface area contributed by atoms with Crippen LogP contribution >= 0.6 is 0 Å². The molecule has 2 rings (SSSR count). The van der Waals surface area contributed by atoms with Crippen LogP contribution in [0.2, 0.25) is 0 Å². The molecule has 0 saturated heterocycles. The number of Topliss-reactive ketones (excluding diaryl/α,β-unsaturated/α-hetero) is 1. The summed E-state index contributed by atoms with van der Waals surface area (Å²) < 4.78 is 5.36. The van der Waals surface area contributed by atoms with E-state index in [0.29, 0.717) is 31.2 Å². The van der Waals surface area contributed by atoms with Crippen LogP contribution in [0, 0.1) is 5.92 Å². The van der Waals surface area contributed by atoms with E-state index in [-0.39, 0.29) is 6.09 Å². The Morgan fingerprint density at radius 1 is 1.37 bits per heavy atom. The van der Waals surface area contributed by atoms with Crippen molar-refractivity contribution in [3.63, 3.8) is 0 Å². The van der Waals surface area contributed by atoms with Crippen molar-refractivity contribution in [2.75, 3.05) is 13.1 Å². The molecule has 1 aliphatic carbocycles. The topological polar surface area (TPSA) is 46.6 Å². The molecule has 1 heterocycles. The van der Waals surface area contributed by atoms with Gasteiger partial charge in [0.1, 0.15) is 11.4 Å². The highest BCUT2D eigenvalue weighted by molar-refractivity contribution is 5.81. The second-order valence-electron chi connectivity index (χ2n) is 6.43. The van der Waals surface area contributed by atoms with Gasteiger partial charge in [0.25, 0.3) is 0 Å². The third kappa shape index (κ3) is 3.82. The molecular formula is C15H23NO3. The summed E-state index contributed by atoms with van der Waals surface area (Å²) >= 11 is 0. The number of rotatable bonds is 1. The SMILES string of the molecule is CC(C)(C)OC(=O)N1CC=C(C2CCC(=O)C2)CC1. The normalized spacial score (nSPS) is 24.4. The molecule has 1 aliphatic heterocycles. The van der Waals surface area contributed by atoms with Crippen molar-refractivity contribution in [3.8, 4) is 0 Å². The van der Waals surface area contributed by atoms with Crippen molar-refractivity contribution in [2.45, 2.75) is 52.1 Å². The number of nitrogens with zero attached hydrogens (tertiary/aromatic N) is 1. The van der Waals surface area contributed by atoms with Gasteiger partial charge in [-0.05, 0) is 39.5 Å². The zero-order valence-electron chi connectivity index (χ0n) is 12.1. The average molecular weight is 265 g/mol. The molecular weight excluding hydrogens is 242 g/mol. The lowest BCUT2D eigenvalue weighted by Crippen LogP contribution is -2.39. The van der Waals surface area contributed by atoms with Crippen molar-refractivity contribution < 1.29 is 14.3 Å². The first-order chi connectivity index (χ1) is 8.85. The summed E-state index contributed by atoms with van der Waals surface area (Å²) in [5.74, 6) is 0.800. The first-order valence-corrected chi connectivity index (χ1v) is 7.04. The molecule has 1 unspecified atom stereocenters. The van der Waals surface area contributed by atoms with Gasteiger partial charge < -0.3 is 9.64 Å². The monoisotopic (exact) mass is 265 g/mol. The predicted octanol–water partition coefficient (Wildman–Crippen LogP) is 2.92. The van der Waals surface area contributed by atoms with Gasteiger partial charge in [-0.3, -0.25) is 4.79 Å². The molecule has 1 fully saturated rings. The van der Waals surface area contributed by atoms with Crippen molar-refractivity contribution >= 4 is 11.9 Å². The highest BCUT2D eigenvalue weighted by atomic mass is 16.6. The van der Waals surface area contributed by atoms with Crippen molar-refractivity contribution in [2.24, 2.45) is 5.92 Å². The molecule has 0 bridgehead atoms. The van der Waals surface area contributed by atoms with Crippen molar-refractivity contribution in [1.29, 1.82) is 0 Å². The zero-order chi connectivity index (χ0) is 14.0. The van der Waals surface area contributed by atoms with E-state index in [1.54, 1.807) is 4.90 Å². The molecule has 1 atom stereocenters. The number of hydrogen-bond acceptors (Lipinski definition) is 3. The van der Waals surface area contributed by atoms with Crippen LogP contribution in [0.5, 0.6) is 0 Å². The summed E-state index contributed by atoms with van der Waals surface area (Å²) in [5, 5.41) is 0. The average Bonchev–Trinajstić information content (AvgIpc) is 2.74. The molecule has 106 valence electrons. The Morgan fingerprint density at radius 3 is 2.58 bits per heavy atom. The number of carbonyl (C=O) groups excluding carboxylic acids is 2. The molecule has 0 aromatic heterocycles. The molecule has 0 N–H and O–H groups in total. The fourth-order valence-corrected chi connectivity index (χ4v) is 2.68. The molecule has 0 aromatic rings.